The molecule has 0 aromatic carbocycles. The van der Waals surface area contributed by atoms with Crippen LogP contribution in [0.4, 0.5) is 0 Å². The molecule has 0 atom stereocenters. The van der Waals surface area contributed by atoms with Gasteiger partial charge in [0.1, 0.15) is 19.2 Å². The third kappa shape index (κ3) is 1.52. The Balaban J connectivity index is 2.58. The quantitative estimate of drug-likeness (QED) is 0.538. The number of aromatic nitrogens is 3. The monoisotopic (exact) mass is 126 g/mol. The van der Waals surface area contributed by atoms with Crippen molar-refractivity contribution in [3.8, 4) is 0 Å². The molecule has 1 heterocycles. The fraction of sp³-hybridized carbons (Fsp3) is 0.250. The average Bonchev–Trinajstić information content (AvgIpc) is 2.15. The maximum Gasteiger partial charge on any atom is 0.239 e. The summed E-state index contributed by atoms with van der Waals surface area (Å²) in [5.41, 5.74) is 4.86. The van der Waals surface area contributed by atoms with Crippen LogP contribution >= 0.6 is 0 Å². The maximum atomic E-state index is 10.2. The lowest BCUT2D eigenvalue weighted by molar-refractivity contribution is -0.118. The molecule has 0 unspecified atom stereocenters. The summed E-state index contributed by atoms with van der Waals surface area (Å²) in [4.78, 5) is 13.8. The zero-order valence-corrected chi connectivity index (χ0v) is 4.69. The van der Waals surface area contributed by atoms with Crippen LogP contribution in [-0.2, 0) is 11.3 Å². The second kappa shape index (κ2) is 2.25. The molecule has 0 bridgehead atoms. The Labute approximate surface area is 51.5 Å². The third-order valence-corrected chi connectivity index (χ3v) is 0.784. The molecule has 0 fully saturated rings. The number of amides is 1. The van der Waals surface area contributed by atoms with E-state index in [9.17, 15) is 4.79 Å². The van der Waals surface area contributed by atoms with E-state index in [0.29, 0.717) is 0 Å². The summed E-state index contributed by atoms with van der Waals surface area (Å²) in [7, 11) is 0. The van der Waals surface area contributed by atoms with Crippen molar-refractivity contribution in [3.05, 3.63) is 12.7 Å². The highest BCUT2D eigenvalue weighted by Gasteiger charge is 1.93. The van der Waals surface area contributed by atoms with E-state index in [4.69, 9.17) is 5.73 Å². The third-order valence-electron chi connectivity index (χ3n) is 0.784. The van der Waals surface area contributed by atoms with Gasteiger partial charge in [0.2, 0.25) is 5.91 Å². The highest BCUT2D eigenvalue weighted by Crippen LogP contribution is 1.76. The summed E-state index contributed by atoms with van der Waals surface area (Å²) in [6.45, 7) is 0.0972. The minimum atomic E-state index is -0.416. The number of rotatable bonds is 2. The predicted molar refractivity (Wildman–Crippen MR) is 29.2 cm³/mol. The summed E-state index contributed by atoms with van der Waals surface area (Å²) < 4.78 is 1.36. The second-order valence-corrected chi connectivity index (χ2v) is 1.56. The van der Waals surface area contributed by atoms with Crippen LogP contribution < -0.4 is 5.73 Å². The van der Waals surface area contributed by atoms with E-state index >= 15 is 0 Å². The molecule has 0 aliphatic heterocycles. The van der Waals surface area contributed by atoms with Gasteiger partial charge in [-0.05, 0) is 0 Å². The Hall–Kier alpha value is -1.39. The topological polar surface area (TPSA) is 73.8 Å². The van der Waals surface area contributed by atoms with Crippen LogP contribution in [0.3, 0.4) is 0 Å². The summed E-state index contributed by atoms with van der Waals surface area (Å²) in [6, 6.07) is 0. The van der Waals surface area contributed by atoms with Gasteiger partial charge in [-0.3, -0.25) is 4.79 Å². The number of carbonyl (C=O) groups excluding carboxylic acids is 1. The first-order valence-electron chi connectivity index (χ1n) is 2.40. The largest absolute Gasteiger partial charge is 0.368 e. The lowest BCUT2D eigenvalue weighted by atomic mass is 10.6. The van der Waals surface area contributed by atoms with Gasteiger partial charge in [-0.1, -0.05) is 0 Å². The van der Waals surface area contributed by atoms with Gasteiger partial charge < -0.3 is 5.73 Å². The van der Waals surface area contributed by atoms with Crippen molar-refractivity contribution in [2.75, 3.05) is 0 Å². The number of nitrogens with two attached hydrogens (primary N) is 1. The molecule has 9 heavy (non-hydrogen) atoms. The Bertz CT molecular complexity index is 192. The van der Waals surface area contributed by atoms with E-state index in [1.807, 2.05) is 0 Å². The molecule has 0 aliphatic carbocycles. The standard InChI is InChI=1S/C4H6N4O/c5-4(9)1-8-3-6-2-7-8/h2-3H,1H2,(H2,5,9). The van der Waals surface area contributed by atoms with Gasteiger partial charge in [0.15, 0.2) is 0 Å². The van der Waals surface area contributed by atoms with Crippen LogP contribution in [-0.4, -0.2) is 20.7 Å². The van der Waals surface area contributed by atoms with Crippen LogP contribution in [0.15, 0.2) is 12.7 Å². The van der Waals surface area contributed by atoms with Crippen LogP contribution in [0, 0.1) is 0 Å². The molecule has 0 saturated heterocycles. The molecule has 5 heteroatoms. The van der Waals surface area contributed by atoms with E-state index in [2.05, 4.69) is 10.1 Å². The van der Waals surface area contributed by atoms with Crippen LogP contribution in [0.25, 0.3) is 0 Å². The summed E-state index contributed by atoms with van der Waals surface area (Å²) in [5, 5.41) is 3.66. The van der Waals surface area contributed by atoms with Crippen molar-refractivity contribution in [1.82, 2.24) is 14.8 Å². The molecule has 48 valence electrons. The van der Waals surface area contributed by atoms with Crippen molar-refractivity contribution in [2.24, 2.45) is 5.73 Å². The maximum absolute atomic E-state index is 10.2. The smallest absolute Gasteiger partial charge is 0.239 e. The highest BCUT2D eigenvalue weighted by molar-refractivity contribution is 5.73. The minimum Gasteiger partial charge on any atom is -0.368 e. The number of hydrogen-bond acceptors (Lipinski definition) is 3. The predicted octanol–water partition coefficient (Wildman–Crippen LogP) is -1.24. The molecule has 1 aromatic rings. The van der Waals surface area contributed by atoms with Gasteiger partial charge in [0, 0.05) is 0 Å². The van der Waals surface area contributed by atoms with Gasteiger partial charge >= 0.3 is 0 Å². The number of primary amides is 1. The SMILES string of the molecule is NC(=O)Cn1cncn1. The van der Waals surface area contributed by atoms with Crippen molar-refractivity contribution >= 4 is 5.91 Å². The molecular weight excluding hydrogens is 120 g/mol. The van der Waals surface area contributed by atoms with Gasteiger partial charge in [-0.25, -0.2) is 9.67 Å². The second-order valence-electron chi connectivity index (χ2n) is 1.56. The molecule has 0 aliphatic rings. The molecule has 1 rings (SSSR count). The Morgan fingerprint density at radius 2 is 2.56 bits per heavy atom. The van der Waals surface area contributed by atoms with Gasteiger partial charge in [0.25, 0.3) is 0 Å². The zero-order valence-electron chi connectivity index (χ0n) is 4.69. The van der Waals surface area contributed by atoms with Gasteiger partial charge in [0.05, 0.1) is 0 Å². The van der Waals surface area contributed by atoms with Crippen molar-refractivity contribution in [2.45, 2.75) is 6.54 Å². The lowest BCUT2D eigenvalue weighted by Gasteiger charge is -1.91. The number of nitrogens with zero attached hydrogens (tertiary/aromatic N) is 3. The van der Waals surface area contributed by atoms with Crippen molar-refractivity contribution in [3.63, 3.8) is 0 Å². The summed E-state index contributed by atoms with van der Waals surface area (Å²) >= 11 is 0. The van der Waals surface area contributed by atoms with E-state index in [1.54, 1.807) is 0 Å². The Morgan fingerprint density at radius 3 is 3.00 bits per heavy atom. The van der Waals surface area contributed by atoms with Crippen molar-refractivity contribution in [1.29, 1.82) is 0 Å². The summed E-state index contributed by atoms with van der Waals surface area (Å²) in [5.74, 6) is -0.416. The first-order valence-corrected chi connectivity index (χ1v) is 2.40. The van der Waals surface area contributed by atoms with E-state index in [1.165, 1.54) is 17.3 Å². The molecule has 2 N–H and O–H groups in total. The van der Waals surface area contributed by atoms with Crippen molar-refractivity contribution < 1.29 is 4.79 Å². The van der Waals surface area contributed by atoms with Crippen LogP contribution in [0.2, 0.25) is 0 Å². The van der Waals surface area contributed by atoms with E-state index < -0.39 is 5.91 Å². The average molecular weight is 126 g/mol. The van der Waals surface area contributed by atoms with Gasteiger partial charge in [-0.15, -0.1) is 0 Å². The first kappa shape index (κ1) is 5.74. The Morgan fingerprint density at radius 1 is 1.78 bits per heavy atom. The first-order chi connectivity index (χ1) is 4.29. The normalized spacial score (nSPS) is 9.33. The molecule has 0 saturated carbocycles. The number of hydrogen-bond donors (Lipinski definition) is 1. The Kier molecular flexibility index (Phi) is 1.44. The van der Waals surface area contributed by atoms with Gasteiger partial charge in [-0.2, -0.15) is 5.10 Å². The highest BCUT2D eigenvalue weighted by atomic mass is 16.1. The molecule has 1 amide bonds. The minimum absolute atomic E-state index is 0.0972. The summed E-state index contributed by atoms with van der Waals surface area (Å²) in [6.07, 6.45) is 2.79. The molecule has 0 spiro atoms. The molecule has 0 radical (unpaired) electrons. The molecular formula is C4H6N4O. The van der Waals surface area contributed by atoms with E-state index in [-0.39, 0.29) is 6.54 Å². The molecule has 5 nitrogen and oxygen atoms in total. The fourth-order valence-electron chi connectivity index (χ4n) is 0.474. The van der Waals surface area contributed by atoms with Crippen LogP contribution in [0.5, 0.6) is 0 Å². The molecule has 1 aromatic heterocycles. The van der Waals surface area contributed by atoms with E-state index in [0.717, 1.165) is 0 Å². The lowest BCUT2D eigenvalue weighted by Crippen LogP contribution is -2.18. The zero-order chi connectivity index (χ0) is 6.69. The van der Waals surface area contributed by atoms with Crippen LogP contribution in [0.1, 0.15) is 0 Å². The number of carbonyl (C=O) groups is 1. The fourth-order valence-corrected chi connectivity index (χ4v) is 0.474.